The third-order valence-electron chi connectivity index (χ3n) is 6.30. The molecule has 0 radical (unpaired) electrons. The number of hydrogen-bond donors (Lipinski definition) is 1. The summed E-state index contributed by atoms with van der Waals surface area (Å²) >= 11 is 6.31. The predicted octanol–water partition coefficient (Wildman–Crippen LogP) is 4.86. The Labute approximate surface area is 251 Å². The van der Waals surface area contributed by atoms with Crippen molar-refractivity contribution in [2.75, 3.05) is 18.1 Å². The Bertz CT molecular complexity index is 1440. The first-order chi connectivity index (χ1) is 19.6. The van der Waals surface area contributed by atoms with Crippen LogP contribution in [0.1, 0.15) is 64.4 Å². The molecule has 42 heavy (non-hydrogen) atoms. The van der Waals surface area contributed by atoms with Gasteiger partial charge < -0.3 is 14.8 Å². The number of fused-ring (bicyclic) bond motifs is 1. The number of amides is 2. The number of benzene rings is 2. The lowest BCUT2D eigenvalue weighted by molar-refractivity contribution is -0.711. The summed E-state index contributed by atoms with van der Waals surface area (Å²) in [5.41, 5.74) is 3.62. The number of rotatable bonds is 10. The lowest BCUT2D eigenvalue weighted by Crippen LogP contribution is -2.47. The van der Waals surface area contributed by atoms with Crippen LogP contribution in [-0.2, 0) is 26.0 Å². The first-order valence-corrected chi connectivity index (χ1v) is 15.3. The summed E-state index contributed by atoms with van der Waals surface area (Å²) in [5, 5.41) is 18.4. The van der Waals surface area contributed by atoms with Crippen molar-refractivity contribution in [3.63, 3.8) is 0 Å². The van der Waals surface area contributed by atoms with E-state index in [0.717, 1.165) is 23.7 Å². The lowest BCUT2D eigenvalue weighted by Gasteiger charge is -2.29. The third kappa shape index (κ3) is 7.34. The number of carbonyl (C=O) groups excluding carboxylic acids is 2. The minimum Gasteiger partial charge on any atom is -0.569 e. The highest BCUT2D eigenvalue weighted by molar-refractivity contribution is 7.89. The monoisotopic (exact) mass is 624 g/mol. The van der Waals surface area contributed by atoms with Crippen LogP contribution in [0.2, 0.25) is 5.02 Å². The van der Waals surface area contributed by atoms with E-state index in [0.29, 0.717) is 17.4 Å². The average molecular weight is 625 g/mol. The summed E-state index contributed by atoms with van der Waals surface area (Å²) in [6.07, 6.45) is -2.20. The van der Waals surface area contributed by atoms with Gasteiger partial charge >= 0.3 is 6.09 Å². The van der Waals surface area contributed by atoms with Crippen molar-refractivity contribution in [1.29, 1.82) is 0 Å². The molecular weight excluding hydrogens is 588 g/mol. The molecule has 2 unspecified atom stereocenters. The number of ether oxygens (including phenoxy) is 1. The first-order valence-electron chi connectivity index (χ1n) is 13.4. The number of anilines is 1. The van der Waals surface area contributed by atoms with Gasteiger partial charge in [0.1, 0.15) is 10.5 Å². The van der Waals surface area contributed by atoms with E-state index in [1.54, 1.807) is 39.6 Å². The Hall–Kier alpha value is -3.78. The lowest BCUT2D eigenvalue weighted by atomic mass is 10.1. The van der Waals surface area contributed by atoms with Gasteiger partial charge in [-0.2, -0.15) is 4.31 Å². The van der Waals surface area contributed by atoms with Gasteiger partial charge in [0.05, 0.1) is 34.8 Å². The standard InChI is InChI=1S/C27H37ClN6O7S/c1-8-31(9-2)34(37)30-41-19(4)33(26(36)40-27(5,6)7)42(38,39)24-17-21(14-15-22(24)28)25(35)29-32-18(3)16-20-12-10-11-13-23(20)32/h10-15,17-19H,8-9,16H2,1-7H3,(H,29,35)/b34-30+. The van der Waals surface area contributed by atoms with Crippen LogP contribution in [0.5, 0.6) is 0 Å². The van der Waals surface area contributed by atoms with Crippen molar-refractivity contribution < 1.29 is 32.6 Å². The van der Waals surface area contributed by atoms with Crippen LogP contribution in [-0.4, -0.2) is 65.7 Å². The van der Waals surface area contributed by atoms with E-state index < -0.39 is 38.7 Å². The average Bonchev–Trinajstić information content (AvgIpc) is 3.21. The van der Waals surface area contributed by atoms with Crippen molar-refractivity contribution in [2.24, 2.45) is 5.28 Å². The number of carbonyl (C=O) groups is 2. The second kappa shape index (κ2) is 13.0. The minimum absolute atomic E-state index is 0.0239. The molecule has 0 saturated carbocycles. The molecule has 3 rings (SSSR count). The SMILES string of the molecule is CCN(CC)/[N+]([O-])=N\OC(C)N(C(=O)OC(C)(C)C)S(=O)(=O)c1cc(C(=O)NN2c3ccccc3CC2C)ccc1Cl. The smallest absolute Gasteiger partial charge is 0.427 e. The summed E-state index contributed by atoms with van der Waals surface area (Å²) in [7, 11) is -4.81. The van der Waals surface area contributed by atoms with Crippen LogP contribution in [0.25, 0.3) is 0 Å². The molecule has 0 bridgehead atoms. The molecule has 0 saturated heterocycles. The predicted molar refractivity (Wildman–Crippen MR) is 156 cm³/mol. The highest BCUT2D eigenvalue weighted by atomic mass is 35.5. The Morgan fingerprint density at radius 2 is 1.86 bits per heavy atom. The molecule has 15 heteroatoms. The second-order valence-corrected chi connectivity index (χ2v) is 12.8. The molecule has 2 atom stereocenters. The topological polar surface area (TPSA) is 147 Å². The summed E-state index contributed by atoms with van der Waals surface area (Å²) in [6, 6.07) is 11.3. The molecule has 2 aromatic carbocycles. The van der Waals surface area contributed by atoms with E-state index in [9.17, 15) is 23.2 Å². The van der Waals surface area contributed by atoms with Gasteiger partial charge in [0, 0.05) is 5.56 Å². The van der Waals surface area contributed by atoms with Gasteiger partial charge in [-0.05, 0) is 84.7 Å². The van der Waals surface area contributed by atoms with E-state index in [4.69, 9.17) is 21.2 Å². The molecule has 1 aliphatic rings. The summed E-state index contributed by atoms with van der Waals surface area (Å²) in [4.78, 5) is 31.3. The Kier molecular flexibility index (Phi) is 10.2. The number of hydrazine groups is 2. The zero-order valence-corrected chi connectivity index (χ0v) is 26.3. The molecular formula is C27H37ClN6O7S. The number of halogens is 1. The molecule has 0 aliphatic carbocycles. The number of nitrogens with one attached hydrogen (secondary N) is 1. The van der Waals surface area contributed by atoms with Crippen molar-refractivity contribution in [3.05, 3.63) is 63.8 Å². The molecule has 1 heterocycles. The van der Waals surface area contributed by atoms with E-state index >= 15 is 0 Å². The van der Waals surface area contributed by atoms with Crippen molar-refractivity contribution in [1.82, 2.24) is 14.7 Å². The summed E-state index contributed by atoms with van der Waals surface area (Å²) in [6.45, 7) is 11.9. The molecule has 0 aromatic heterocycles. The zero-order valence-electron chi connectivity index (χ0n) is 24.7. The second-order valence-electron chi connectivity index (χ2n) is 10.6. The quantitative estimate of drug-likeness (QED) is 0.169. The van der Waals surface area contributed by atoms with Gasteiger partial charge in [-0.1, -0.05) is 29.8 Å². The van der Waals surface area contributed by atoms with E-state index in [2.05, 4.69) is 10.7 Å². The number of para-hydroxylation sites is 1. The van der Waals surface area contributed by atoms with Crippen LogP contribution in [0.3, 0.4) is 0 Å². The fourth-order valence-electron chi connectivity index (χ4n) is 4.28. The minimum atomic E-state index is -4.81. The normalized spacial score (nSPS) is 16.0. The van der Waals surface area contributed by atoms with Gasteiger partial charge in [-0.3, -0.25) is 15.2 Å². The van der Waals surface area contributed by atoms with Gasteiger partial charge in [0.25, 0.3) is 15.9 Å². The maximum Gasteiger partial charge on any atom is 0.427 e. The molecule has 0 spiro atoms. The van der Waals surface area contributed by atoms with E-state index in [1.807, 2.05) is 31.2 Å². The van der Waals surface area contributed by atoms with E-state index in [-0.39, 0.29) is 21.6 Å². The first kappa shape index (κ1) is 32.7. The molecule has 2 amide bonds. The van der Waals surface area contributed by atoms with Crippen molar-refractivity contribution >= 4 is 39.3 Å². The number of hydrogen-bond acceptors (Lipinski definition) is 9. The Balaban J connectivity index is 1.97. The van der Waals surface area contributed by atoms with Crippen LogP contribution in [0.15, 0.2) is 52.6 Å². The maximum absolute atomic E-state index is 13.9. The molecule has 13 nitrogen and oxygen atoms in total. The molecule has 1 N–H and O–H groups in total. The molecule has 1 aliphatic heterocycles. The van der Waals surface area contributed by atoms with Crippen molar-refractivity contribution in [3.8, 4) is 0 Å². The van der Waals surface area contributed by atoms with Crippen molar-refractivity contribution in [2.45, 2.75) is 77.7 Å². The highest BCUT2D eigenvalue weighted by Gasteiger charge is 2.40. The van der Waals surface area contributed by atoms with Gasteiger partial charge in [-0.15, -0.1) is 5.01 Å². The fourth-order valence-corrected chi connectivity index (χ4v) is 6.15. The fraction of sp³-hybridized carbons (Fsp3) is 0.481. The van der Waals surface area contributed by atoms with Gasteiger partial charge in [-0.25, -0.2) is 13.2 Å². The molecule has 2 aromatic rings. The Morgan fingerprint density at radius 3 is 2.48 bits per heavy atom. The third-order valence-corrected chi connectivity index (χ3v) is 8.60. The maximum atomic E-state index is 13.9. The largest absolute Gasteiger partial charge is 0.569 e. The molecule has 0 fully saturated rings. The molecule has 230 valence electrons. The number of nitrogens with zero attached hydrogens (tertiary/aromatic N) is 5. The van der Waals surface area contributed by atoms with Crippen LogP contribution in [0.4, 0.5) is 10.5 Å². The Morgan fingerprint density at radius 1 is 1.21 bits per heavy atom. The van der Waals surface area contributed by atoms with Gasteiger partial charge in [0.2, 0.25) is 11.5 Å². The van der Waals surface area contributed by atoms with Crippen LogP contribution in [0, 0.1) is 5.21 Å². The zero-order chi connectivity index (χ0) is 31.4. The number of sulfonamides is 1. The highest BCUT2D eigenvalue weighted by Crippen LogP contribution is 2.32. The van der Waals surface area contributed by atoms with E-state index in [1.165, 1.54) is 24.1 Å². The van der Waals surface area contributed by atoms with Crippen LogP contribution >= 0.6 is 11.6 Å². The summed E-state index contributed by atoms with van der Waals surface area (Å²) < 4.78 is 33.5. The van der Waals surface area contributed by atoms with Gasteiger partial charge in [0.15, 0.2) is 0 Å². The van der Waals surface area contributed by atoms with Crippen LogP contribution < -0.4 is 10.4 Å². The summed E-state index contributed by atoms with van der Waals surface area (Å²) in [5.74, 6) is -0.587.